The molecule has 0 radical (unpaired) electrons. The van der Waals surface area contributed by atoms with Crippen LogP contribution < -0.4 is 5.32 Å². The van der Waals surface area contributed by atoms with Crippen molar-refractivity contribution in [2.75, 3.05) is 66.5 Å². The van der Waals surface area contributed by atoms with Gasteiger partial charge in [0.2, 0.25) is 11.8 Å². The second-order valence-electron chi connectivity index (χ2n) is 8.76. The Hall–Kier alpha value is -1.83. The van der Waals surface area contributed by atoms with Gasteiger partial charge in [0.25, 0.3) is 0 Å². The Labute approximate surface area is 175 Å². The number of carbonyl (C=O) groups excluding carboxylic acids is 2. The summed E-state index contributed by atoms with van der Waals surface area (Å²) in [5, 5.41) is 3.60. The van der Waals surface area contributed by atoms with E-state index < -0.39 is 0 Å². The van der Waals surface area contributed by atoms with Gasteiger partial charge in [0.1, 0.15) is 6.54 Å². The Morgan fingerprint density at radius 2 is 1.55 bits per heavy atom. The Kier molecular flexibility index (Phi) is 8.15. The third kappa shape index (κ3) is 6.59. The van der Waals surface area contributed by atoms with E-state index in [4.69, 9.17) is 0 Å². The first-order valence-corrected chi connectivity index (χ1v) is 11.3. The van der Waals surface area contributed by atoms with Crippen molar-refractivity contribution in [2.45, 2.75) is 51.0 Å². The molecule has 0 spiro atoms. The van der Waals surface area contributed by atoms with Crippen molar-refractivity contribution in [1.29, 1.82) is 0 Å². The molecule has 1 N–H and O–H groups in total. The Morgan fingerprint density at radius 1 is 0.897 bits per heavy atom. The highest BCUT2D eigenvalue weighted by atomic mass is 16.2. The predicted octanol–water partition coefficient (Wildman–Crippen LogP) is 0.593. The average Bonchev–Trinajstić information content (AvgIpc) is 3.25. The average molecular weight is 407 g/mol. The zero-order valence-electron chi connectivity index (χ0n) is 18.2. The molecule has 3 rings (SSSR count). The second kappa shape index (κ2) is 10.8. The van der Waals surface area contributed by atoms with Crippen LogP contribution in [-0.4, -0.2) is 110 Å². The highest BCUT2D eigenvalue weighted by molar-refractivity contribution is 5.85. The number of piperidine rings is 1. The number of guanidine groups is 1. The molecule has 3 aliphatic rings. The van der Waals surface area contributed by atoms with Crippen LogP contribution >= 0.6 is 0 Å². The molecular formula is C21H38N6O2. The van der Waals surface area contributed by atoms with Crippen LogP contribution in [0.5, 0.6) is 0 Å². The summed E-state index contributed by atoms with van der Waals surface area (Å²) >= 11 is 0. The van der Waals surface area contributed by atoms with Crippen molar-refractivity contribution in [1.82, 2.24) is 24.9 Å². The number of nitrogens with one attached hydrogen (secondary N) is 1. The van der Waals surface area contributed by atoms with Gasteiger partial charge < -0.3 is 20.0 Å². The SMILES string of the molecule is CN(C)C(=O)CN=C(NC1CCCC1)N1CCN(CC(=O)N2CCCCC2)CC1. The first-order chi connectivity index (χ1) is 14.0. The summed E-state index contributed by atoms with van der Waals surface area (Å²) < 4.78 is 0. The molecular weight excluding hydrogens is 368 g/mol. The maximum atomic E-state index is 12.5. The van der Waals surface area contributed by atoms with Crippen LogP contribution in [0.2, 0.25) is 0 Å². The van der Waals surface area contributed by atoms with E-state index in [9.17, 15) is 9.59 Å². The second-order valence-corrected chi connectivity index (χ2v) is 8.76. The van der Waals surface area contributed by atoms with Crippen LogP contribution in [0.3, 0.4) is 0 Å². The molecule has 2 amide bonds. The molecule has 0 aromatic heterocycles. The predicted molar refractivity (Wildman–Crippen MR) is 115 cm³/mol. The van der Waals surface area contributed by atoms with Gasteiger partial charge in [0.15, 0.2) is 5.96 Å². The number of piperazine rings is 1. The maximum absolute atomic E-state index is 12.5. The Bertz CT molecular complexity index is 574. The summed E-state index contributed by atoms with van der Waals surface area (Å²) in [6.45, 7) is 5.91. The van der Waals surface area contributed by atoms with Gasteiger partial charge in [-0.3, -0.25) is 14.5 Å². The third-order valence-corrected chi connectivity index (χ3v) is 6.29. The molecule has 164 valence electrons. The molecule has 8 nitrogen and oxygen atoms in total. The number of hydrogen-bond acceptors (Lipinski definition) is 4. The summed E-state index contributed by atoms with van der Waals surface area (Å²) in [4.78, 5) is 37.3. The van der Waals surface area contributed by atoms with E-state index in [1.807, 2.05) is 4.90 Å². The molecule has 3 fully saturated rings. The molecule has 2 heterocycles. The van der Waals surface area contributed by atoms with Crippen LogP contribution in [0.4, 0.5) is 0 Å². The smallest absolute Gasteiger partial charge is 0.243 e. The number of hydrogen-bond donors (Lipinski definition) is 1. The zero-order chi connectivity index (χ0) is 20.6. The molecule has 0 bridgehead atoms. The Morgan fingerprint density at radius 3 is 2.17 bits per heavy atom. The first kappa shape index (κ1) is 21.9. The van der Waals surface area contributed by atoms with Crippen molar-refractivity contribution in [3.05, 3.63) is 0 Å². The number of amides is 2. The molecule has 29 heavy (non-hydrogen) atoms. The first-order valence-electron chi connectivity index (χ1n) is 11.3. The minimum Gasteiger partial charge on any atom is -0.353 e. The lowest BCUT2D eigenvalue weighted by Gasteiger charge is -2.38. The van der Waals surface area contributed by atoms with Crippen molar-refractivity contribution in [3.8, 4) is 0 Å². The lowest BCUT2D eigenvalue weighted by Crippen LogP contribution is -2.55. The molecule has 0 aromatic rings. The van der Waals surface area contributed by atoms with Gasteiger partial charge in [-0.25, -0.2) is 4.99 Å². The fraction of sp³-hybridized carbons (Fsp3) is 0.857. The summed E-state index contributed by atoms with van der Waals surface area (Å²) in [5.74, 6) is 1.14. The number of rotatable bonds is 5. The van der Waals surface area contributed by atoms with Crippen molar-refractivity contribution in [3.63, 3.8) is 0 Å². The van der Waals surface area contributed by atoms with Gasteiger partial charge in [0.05, 0.1) is 6.54 Å². The minimum absolute atomic E-state index is 0.0153. The topological polar surface area (TPSA) is 71.5 Å². The van der Waals surface area contributed by atoms with Crippen LogP contribution in [0.1, 0.15) is 44.9 Å². The molecule has 1 aliphatic carbocycles. The maximum Gasteiger partial charge on any atom is 0.243 e. The third-order valence-electron chi connectivity index (χ3n) is 6.29. The van der Waals surface area contributed by atoms with E-state index in [1.54, 1.807) is 19.0 Å². The number of carbonyl (C=O) groups is 2. The van der Waals surface area contributed by atoms with Gasteiger partial charge in [-0.15, -0.1) is 0 Å². The normalized spacial score (nSPS) is 22.1. The fourth-order valence-electron chi connectivity index (χ4n) is 4.33. The van der Waals surface area contributed by atoms with Crippen LogP contribution in [0, 0.1) is 0 Å². The van der Waals surface area contributed by atoms with E-state index in [0.29, 0.717) is 12.6 Å². The summed E-state index contributed by atoms with van der Waals surface area (Å²) in [7, 11) is 3.53. The van der Waals surface area contributed by atoms with Crippen molar-refractivity contribution < 1.29 is 9.59 Å². The van der Waals surface area contributed by atoms with Gasteiger partial charge >= 0.3 is 0 Å². The highest BCUT2D eigenvalue weighted by Gasteiger charge is 2.26. The molecule has 0 aromatic carbocycles. The van der Waals surface area contributed by atoms with E-state index in [0.717, 1.165) is 58.1 Å². The lowest BCUT2D eigenvalue weighted by atomic mass is 10.1. The minimum atomic E-state index is 0.0153. The monoisotopic (exact) mass is 406 g/mol. The number of likely N-dealkylation sites (tertiary alicyclic amines) is 1. The summed E-state index contributed by atoms with van der Waals surface area (Å²) in [6.07, 6.45) is 8.38. The van der Waals surface area contributed by atoms with E-state index in [2.05, 4.69) is 20.1 Å². The van der Waals surface area contributed by atoms with Crippen molar-refractivity contribution >= 4 is 17.8 Å². The zero-order valence-corrected chi connectivity index (χ0v) is 18.2. The van der Waals surface area contributed by atoms with E-state index >= 15 is 0 Å². The van der Waals surface area contributed by atoms with Gasteiger partial charge in [-0.05, 0) is 32.1 Å². The quantitative estimate of drug-likeness (QED) is 0.535. The fourth-order valence-corrected chi connectivity index (χ4v) is 4.33. The van der Waals surface area contributed by atoms with Gasteiger partial charge in [-0.2, -0.15) is 0 Å². The molecule has 8 heteroatoms. The molecule has 0 unspecified atom stereocenters. The molecule has 1 saturated carbocycles. The number of likely N-dealkylation sites (N-methyl/N-ethyl adjacent to an activating group) is 1. The largest absolute Gasteiger partial charge is 0.353 e. The number of aliphatic imine (C=N–C) groups is 1. The van der Waals surface area contributed by atoms with Crippen LogP contribution in [-0.2, 0) is 9.59 Å². The van der Waals surface area contributed by atoms with Gasteiger partial charge in [0, 0.05) is 59.4 Å². The van der Waals surface area contributed by atoms with E-state index in [-0.39, 0.29) is 18.4 Å². The summed E-state index contributed by atoms with van der Waals surface area (Å²) in [6, 6.07) is 0.460. The van der Waals surface area contributed by atoms with Crippen LogP contribution in [0.15, 0.2) is 4.99 Å². The molecule has 2 aliphatic heterocycles. The van der Waals surface area contributed by atoms with Crippen molar-refractivity contribution in [2.24, 2.45) is 4.99 Å². The van der Waals surface area contributed by atoms with Crippen LogP contribution in [0.25, 0.3) is 0 Å². The number of nitrogens with zero attached hydrogens (tertiary/aromatic N) is 5. The lowest BCUT2D eigenvalue weighted by molar-refractivity contribution is -0.133. The Balaban J connectivity index is 1.52. The summed E-state index contributed by atoms with van der Waals surface area (Å²) in [5.41, 5.74) is 0. The van der Waals surface area contributed by atoms with E-state index in [1.165, 1.54) is 32.1 Å². The molecule has 0 atom stereocenters. The van der Waals surface area contributed by atoms with Gasteiger partial charge in [-0.1, -0.05) is 12.8 Å². The molecule has 2 saturated heterocycles. The highest BCUT2D eigenvalue weighted by Crippen LogP contribution is 2.18. The standard InChI is InChI=1S/C21H38N6O2/c1-24(2)19(28)16-22-21(23-18-8-4-5-9-18)27-14-12-25(13-15-27)17-20(29)26-10-6-3-7-11-26/h18H,3-17H2,1-2H3,(H,22,23).